The number of nitrogens with zero attached hydrogens (tertiary/aromatic N) is 1. The first-order valence-electron chi connectivity index (χ1n) is 10.6. The second kappa shape index (κ2) is 10.4. The van der Waals surface area contributed by atoms with Gasteiger partial charge in [0.1, 0.15) is 18.9 Å². The van der Waals surface area contributed by atoms with E-state index in [0.717, 1.165) is 11.1 Å². The average molecular weight is 474 g/mol. The molecule has 1 aliphatic rings. The molecule has 4 rings (SSSR count). The molecule has 0 spiro atoms. The lowest BCUT2D eigenvalue weighted by Gasteiger charge is -2.31. The number of aromatic amines is 1. The number of ether oxygens (including phenoxy) is 3. The average Bonchev–Trinajstić information content (AvgIpc) is 3.13. The van der Waals surface area contributed by atoms with E-state index in [1.165, 1.54) is 0 Å². The van der Waals surface area contributed by atoms with Gasteiger partial charge < -0.3 is 19.3 Å². The number of halogens is 2. The number of alkyl halides is 1. The molecule has 1 aromatic heterocycles. The number of benzene rings is 2. The summed E-state index contributed by atoms with van der Waals surface area (Å²) in [6.45, 7) is -1.26. The minimum absolute atomic E-state index is 0.0218. The highest BCUT2D eigenvalue weighted by molar-refractivity contribution is 5.15. The molecule has 0 aliphatic carbocycles. The van der Waals surface area contributed by atoms with E-state index in [1.807, 2.05) is 41.4 Å². The van der Waals surface area contributed by atoms with E-state index in [2.05, 4.69) is 0 Å². The maximum Gasteiger partial charge on any atom is 0.330 e. The smallest absolute Gasteiger partial charge is 0.330 e. The molecule has 4 atom stereocenters. The first kappa shape index (κ1) is 24.0. The van der Waals surface area contributed by atoms with E-state index in [1.54, 1.807) is 24.3 Å². The van der Waals surface area contributed by atoms with Crippen LogP contribution in [0.2, 0.25) is 0 Å². The Morgan fingerprint density at radius 3 is 2.26 bits per heavy atom. The lowest BCUT2D eigenvalue weighted by molar-refractivity contribution is -0.165. The summed E-state index contributed by atoms with van der Waals surface area (Å²) < 4.78 is 46.5. The second-order valence-corrected chi connectivity index (χ2v) is 8.04. The van der Waals surface area contributed by atoms with Crippen LogP contribution in [-0.2, 0) is 27.4 Å². The third kappa shape index (κ3) is 5.00. The van der Waals surface area contributed by atoms with E-state index in [4.69, 9.17) is 14.2 Å². The highest BCUT2D eigenvalue weighted by Gasteiger charge is 2.57. The molecule has 3 aromatic rings. The maximum atomic E-state index is 14.5. The fourth-order valence-electron chi connectivity index (χ4n) is 3.90. The molecule has 2 aromatic carbocycles. The zero-order valence-corrected chi connectivity index (χ0v) is 18.1. The normalized spacial score (nSPS) is 24.4. The Labute approximate surface area is 193 Å². The van der Waals surface area contributed by atoms with E-state index in [0.29, 0.717) is 10.8 Å². The monoisotopic (exact) mass is 474 g/mol. The van der Waals surface area contributed by atoms with Crippen LogP contribution < -0.4 is 11.2 Å². The summed E-state index contributed by atoms with van der Waals surface area (Å²) in [4.78, 5) is 25.5. The van der Waals surface area contributed by atoms with Crippen molar-refractivity contribution in [1.82, 2.24) is 9.55 Å². The summed E-state index contributed by atoms with van der Waals surface area (Å²) in [5, 5.41) is 11.0. The van der Waals surface area contributed by atoms with Gasteiger partial charge >= 0.3 is 5.69 Å². The molecule has 10 heteroatoms. The van der Waals surface area contributed by atoms with E-state index in [9.17, 15) is 23.5 Å². The van der Waals surface area contributed by atoms with E-state index < -0.39 is 47.8 Å². The van der Waals surface area contributed by atoms with Gasteiger partial charge in [0.25, 0.3) is 5.56 Å². The van der Waals surface area contributed by atoms with Gasteiger partial charge in [-0.25, -0.2) is 9.18 Å². The summed E-state index contributed by atoms with van der Waals surface area (Å²) >= 11 is 0. The van der Waals surface area contributed by atoms with Gasteiger partial charge in [-0.15, -0.1) is 0 Å². The van der Waals surface area contributed by atoms with Crippen molar-refractivity contribution in [2.24, 2.45) is 0 Å². The molecule has 8 nitrogen and oxygen atoms in total. The molecule has 2 N–H and O–H groups in total. The lowest BCUT2D eigenvalue weighted by Crippen LogP contribution is -2.50. The summed E-state index contributed by atoms with van der Waals surface area (Å²) in [6.07, 6.45) is -3.73. The van der Waals surface area contributed by atoms with Crippen molar-refractivity contribution >= 4 is 0 Å². The van der Waals surface area contributed by atoms with E-state index in [-0.39, 0.29) is 19.8 Å². The van der Waals surface area contributed by atoms with Crippen molar-refractivity contribution in [3.05, 3.63) is 105 Å². The van der Waals surface area contributed by atoms with Gasteiger partial charge in [0.2, 0.25) is 5.82 Å². The van der Waals surface area contributed by atoms with Crippen LogP contribution in [0.3, 0.4) is 0 Å². The van der Waals surface area contributed by atoms with Gasteiger partial charge in [0.05, 0.1) is 26.0 Å². The molecular weight excluding hydrogens is 450 g/mol. The van der Waals surface area contributed by atoms with Crippen LogP contribution in [0.25, 0.3) is 0 Å². The zero-order chi connectivity index (χ0) is 24.1. The van der Waals surface area contributed by atoms with Crippen molar-refractivity contribution in [1.29, 1.82) is 0 Å². The van der Waals surface area contributed by atoms with Crippen LogP contribution in [0.1, 0.15) is 17.4 Å². The van der Waals surface area contributed by atoms with Crippen molar-refractivity contribution < 1.29 is 28.1 Å². The third-order valence-electron chi connectivity index (χ3n) is 5.63. The Kier molecular flexibility index (Phi) is 7.32. The Bertz CT molecular complexity index is 1200. The van der Waals surface area contributed by atoms with E-state index >= 15 is 0 Å². The SMILES string of the molecule is O=c1[nH]c(=O)n([C@@H]2O[C@](CF)(COCc3ccccc3)[C@@H](OCc3ccccc3)[C@@H]2O)cc1F. The van der Waals surface area contributed by atoms with Crippen molar-refractivity contribution in [3.63, 3.8) is 0 Å². The zero-order valence-electron chi connectivity index (χ0n) is 18.1. The summed E-state index contributed by atoms with van der Waals surface area (Å²) in [6, 6.07) is 18.2. The Balaban J connectivity index is 1.61. The molecule has 1 fully saturated rings. The number of aliphatic hydroxyl groups excluding tert-OH is 1. The minimum Gasteiger partial charge on any atom is -0.386 e. The van der Waals surface area contributed by atoms with Crippen LogP contribution in [0.15, 0.2) is 76.4 Å². The molecule has 0 amide bonds. The Morgan fingerprint density at radius 1 is 1.03 bits per heavy atom. The van der Waals surface area contributed by atoms with Gasteiger partial charge in [-0.05, 0) is 11.1 Å². The molecular formula is C24H24F2N2O6. The molecule has 34 heavy (non-hydrogen) atoms. The fraction of sp³-hybridized carbons (Fsp3) is 0.333. The van der Waals surface area contributed by atoms with Crippen LogP contribution in [-0.4, -0.2) is 45.7 Å². The number of aromatic nitrogens is 2. The lowest BCUT2D eigenvalue weighted by atomic mass is 9.97. The largest absolute Gasteiger partial charge is 0.386 e. The predicted molar refractivity (Wildman–Crippen MR) is 117 cm³/mol. The number of H-pyrrole nitrogens is 1. The quantitative estimate of drug-likeness (QED) is 0.492. The molecule has 180 valence electrons. The van der Waals surface area contributed by atoms with Crippen molar-refractivity contribution in [3.8, 4) is 0 Å². The standard InChI is InChI=1S/C24H24F2N2O6/c25-14-24(15-32-12-16-7-3-1-4-8-16)20(33-13-17-9-5-2-6-10-17)19(29)22(34-24)28-11-18(26)21(30)27-23(28)31/h1-11,19-20,22,29H,12-15H2,(H,27,30,31)/t19-,20-,22+,24+/m0/s1. The molecule has 1 aliphatic heterocycles. The van der Waals surface area contributed by atoms with Gasteiger partial charge in [-0.2, -0.15) is 4.39 Å². The predicted octanol–water partition coefficient (Wildman–Crippen LogP) is 2.08. The fourth-order valence-corrected chi connectivity index (χ4v) is 3.90. The number of nitrogens with one attached hydrogen (secondary N) is 1. The van der Waals surface area contributed by atoms with Crippen LogP contribution >= 0.6 is 0 Å². The Hall–Kier alpha value is -3.18. The van der Waals surface area contributed by atoms with Crippen molar-refractivity contribution in [2.75, 3.05) is 13.3 Å². The number of hydrogen-bond acceptors (Lipinski definition) is 6. The molecule has 2 heterocycles. The minimum atomic E-state index is -1.79. The number of aliphatic hydroxyl groups is 1. The first-order valence-corrected chi connectivity index (χ1v) is 10.6. The number of hydrogen-bond donors (Lipinski definition) is 2. The van der Waals surface area contributed by atoms with Gasteiger partial charge in [-0.3, -0.25) is 14.3 Å². The van der Waals surface area contributed by atoms with Crippen molar-refractivity contribution in [2.45, 2.75) is 37.3 Å². The van der Waals surface area contributed by atoms with Crippen LogP contribution in [0.5, 0.6) is 0 Å². The van der Waals surface area contributed by atoms with Crippen LogP contribution in [0, 0.1) is 5.82 Å². The molecule has 0 radical (unpaired) electrons. The summed E-state index contributed by atoms with van der Waals surface area (Å²) in [5.41, 5.74) is -2.42. The van der Waals surface area contributed by atoms with Gasteiger partial charge in [0, 0.05) is 0 Å². The first-order chi connectivity index (χ1) is 16.4. The highest BCUT2D eigenvalue weighted by Crippen LogP contribution is 2.40. The topological polar surface area (TPSA) is 103 Å². The maximum absolute atomic E-state index is 14.5. The third-order valence-corrected chi connectivity index (χ3v) is 5.63. The molecule has 0 unspecified atom stereocenters. The highest BCUT2D eigenvalue weighted by atomic mass is 19.1. The summed E-state index contributed by atoms with van der Waals surface area (Å²) in [5.74, 6) is -1.25. The number of rotatable bonds is 9. The molecule has 0 bridgehead atoms. The van der Waals surface area contributed by atoms with Gasteiger partial charge in [0.15, 0.2) is 11.8 Å². The van der Waals surface area contributed by atoms with Gasteiger partial charge in [-0.1, -0.05) is 60.7 Å². The summed E-state index contributed by atoms with van der Waals surface area (Å²) in [7, 11) is 0. The molecule has 0 saturated carbocycles. The van der Waals surface area contributed by atoms with Crippen LogP contribution in [0.4, 0.5) is 8.78 Å². The second-order valence-electron chi connectivity index (χ2n) is 8.04. The molecule has 1 saturated heterocycles. The Morgan fingerprint density at radius 2 is 1.65 bits per heavy atom.